The fraction of sp³-hybridized carbons (Fsp3) is 0.500. The Morgan fingerprint density at radius 2 is 2.24 bits per heavy atom. The lowest BCUT2D eigenvalue weighted by molar-refractivity contribution is 0.642. The van der Waals surface area contributed by atoms with E-state index in [0.29, 0.717) is 0 Å². The summed E-state index contributed by atoms with van der Waals surface area (Å²) in [5.41, 5.74) is 8.47. The molecule has 2 N–H and O–H groups in total. The van der Waals surface area contributed by atoms with Gasteiger partial charge in [0.1, 0.15) is 5.65 Å². The van der Waals surface area contributed by atoms with Crippen molar-refractivity contribution in [2.45, 2.75) is 45.7 Å². The van der Waals surface area contributed by atoms with E-state index in [1.54, 1.807) is 0 Å². The summed E-state index contributed by atoms with van der Waals surface area (Å²) in [5.74, 6) is 0. The van der Waals surface area contributed by atoms with Crippen molar-refractivity contribution >= 4 is 11.0 Å². The van der Waals surface area contributed by atoms with E-state index >= 15 is 0 Å². The molecule has 0 aliphatic carbocycles. The first-order valence-electron chi connectivity index (χ1n) is 6.44. The molecule has 1 unspecified atom stereocenters. The van der Waals surface area contributed by atoms with E-state index in [-0.39, 0.29) is 6.04 Å². The first-order chi connectivity index (χ1) is 8.26. The summed E-state index contributed by atoms with van der Waals surface area (Å²) in [6.07, 6.45) is 7.16. The van der Waals surface area contributed by atoms with Crippen molar-refractivity contribution in [3.8, 4) is 0 Å². The topological polar surface area (TPSA) is 43.8 Å². The van der Waals surface area contributed by atoms with Crippen LogP contribution in [0.25, 0.3) is 11.0 Å². The third kappa shape index (κ3) is 2.50. The van der Waals surface area contributed by atoms with Gasteiger partial charge in [-0.05, 0) is 37.0 Å². The van der Waals surface area contributed by atoms with Crippen LogP contribution < -0.4 is 5.73 Å². The van der Waals surface area contributed by atoms with Crippen LogP contribution in [-0.4, -0.2) is 15.6 Å². The molecule has 0 saturated heterocycles. The normalized spacial score (nSPS) is 13.1. The maximum Gasteiger partial charge on any atom is 0.140 e. The molecule has 2 rings (SSSR count). The largest absolute Gasteiger partial charge is 0.332 e. The molecule has 0 fully saturated rings. The molecular weight excluding hydrogens is 210 g/mol. The molecule has 0 aromatic carbocycles. The third-order valence-electron chi connectivity index (χ3n) is 3.19. The Balaban J connectivity index is 2.41. The summed E-state index contributed by atoms with van der Waals surface area (Å²) in [7, 11) is 0. The van der Waals surface area contributed by atoms with Crippen LogP contribution in [0.1, 0.15) is 32.3 Å². The molecule has 0 amide bonds. The predicted molar refractivity (Wildman–Crippen MR) is 72.0 cm³/mol. The van der Waals surface area contributed by atoms with Gasteiger partial charge in [0.15, 0.2) is 0 Å². The lowest BCUT2D eigenvalue weighted by atomic mass is 10.1. The van der Waals surface area contributed by atoms with Crippen molar-refractivity contribution < 1.29 is 0 Å². The van der Waals surface area contributed by atoms with E-state index in [4.69, 9.17) is 5.73 Å². The number of pyridine rings is 1. The Kier molecular flexibility index (Phi) is 3.79. The van der Waals surface area contributed by atoms with E-state index < -0.39 is 0 Å². The van der Waals surface area contributed by atoms with Crippen molar-refractivity contribution in [1.82, 2.24) is 9.55 Å². The minimum atomic E-state index is 0.246. The molecule has 1 atom stereocenters. The molecule has 17 heavy (non-hydrogen) atoms. The molecule has 2 aromatic heterocycles. The standard InChI is InChI=1S/C14H21N3/c1-3-8-17-10-11(9-12(15)4-2)13-6-5-7-16-14(13)17/h5-7,10,12H,3-4,8-9,15H2,1-2H3. The molecule has 92 valence electrons. The van der Waals surface area contributed by atoms with Crippen LogP contribution in [-0.2, 0) is 13.0 Å². The van der Waals surface area contributed by atoms with Gasteiger partial charge in [-0.3, -0.25) is 0 Å². The van der Waals surface area contributed by atoms with Crippen LogP contribution in [0.5, 0.6) is 0 Å². The van der Waals surface area contributed by atoms with Crippen LogP contribution in [0.4, 0.5) is 0 Å². The lowest BCUT2D eigenvalue weighted by Gasteiger charge is -2.06. The Morgan fingerprint density at radius 1 is 1.41 bits per heavy atom. The molecule has 2 aromatic rings. The number of aromatic nitrogens is 2. The molecule has 0 radical (unpaired) electrons. The summed E-state index contributed by atoms with van der Waals surface area (Å²) in [5, 5.41) is 1.25. The molecular formula is C14H21N3. The molecule has 0 spiro atoms. The van der Waals surface area contributed by atoms with Gasteiger partial charge in [-0.2, -0.15) is 0 Å². The highest BCUT2D eigenvalue weighted by Gasteiger charge is 2.11. The van der Waals surface area contributed by atoms with Gasteiger partial charge in [0.05, 0.1) is 0 Å². The first-order valence-corrected chi connectivity index (χ1v) is 6.44. The zero-order valence-electron chi connectivity index (χ0n) is 10.7. The van der Waals surface area contributed by atoms with Crippen molar-refractivity contribution in [2.24, 2.45) is 5.73 Å². The summed E-state index contributed by atoms with van der Waals surface area (Å²) in [6.45, 7) is 5.34. The number of nitrogens with zero attached hydrogens (tertiary/aromatic N) is 2. The average Bonchev–Trinajstić information content (AvgIpc) is 2.69. The fourth-order valence-corrected chi connectivity index (χ4v) is 2.20. The van der Waals surface area contributed by atoms with Gasteiger partial charge in [-0.1, -0.05) is 13.8 Å². The number of fused-ring (bicyclic) bond motifs is 1. The second-order valence-corrected chi connectivity index (χ2v) is 4.59. The maximum absolute atomic E-state index is 6.05. The average molecular weight is 231 g/mol. The van der Waals surface area contributed by atoms with Crippen LogP contribution in [0, 0.1) is 0 Å². The Bertz CT molecular complexity index is 487. The molecule has 0 bridgehead atoms. The van der Waals surface area contributed by atoms with Crippen LogP contribution in [0.15, 0.2) is 24.5 Å². The van der Waals surface area contributed by atoms with Gasteiger partial charge in [-0.15, -0.1) is 0 Å². The van der Waals surface area contributed by atoms with Gasteiger partial charge >= 0.3 is 0 Å². The highest BCUT2D eigenvalue weighted by molar-refractivity contribution is 5.80. The second kappa shape index (κ2) is 5.32. The van der Waals surface area contributed by atoms with E-state index in [2.05, 4.69) is 35.7 Å². The molecule has 2 heterocycles. The van der Waals surface area contributed by atoms with Crippen LogP contribution in [0.2, 0.25) is 0 Å². The summed E-state index contributed by atoms with van der Waals surface area (Å²) >= 11 is 0. The number of hydrogen-bond donors (Lipinski definition) is 1. The smallest absolute Gasteiger partial charge is 0.140 e. The fourth-order valence-electron chi connectivity index (χ4n) is 2.20. The van der Waals surface area contributed by atoms with Crippen molar-refractivity contribution in [2.75, 3.05) is 0 Å². The zero-order chi connectivity index (χ0) is 12.3. The SMILES string of the molecule is CCCn1cc(CC(N)CC)c2cccnc21. The zero-order valence-corrected chi connectivity index (χ0v) is 10.7. The number of rotatable bonds is 5. The molecule has 0 aliphatic heterocycles. The van der Waals surface area contributed by atoms with E-state index in [1.807, 2.05) is 12.3 Å². The summed E-state index contributed by atoms with van der Waals surface area (Å²) in [4.78, 5) is 4.48. The van der Waals surface area contributed by atoms with Gasteiger partial charge in [0, 0.05) is 30.4 Å². The van der Waals surface area contributed by atoms with Crippen LogP contribution in [0.3, 0.4) is 0 Å². The molecule has 0 aliphatic rings. The van der Waals surface area contributed by atoms with Gasteiger partial charge in [0.2, 0.25) is 0 Å². The van der Waals surface area contributed by atoms with Crippen molar-refractivity contribution in [1.29, 1.82) is 0 Å². The highest BCUT2D eigenvalue weighted by atomic mass is 15.0. The minimum Gasteiger partial charge on any atom is -0.332 e. The highest BCUT2D eigenvalue weighted by Crippen LogP contribution is 2.21. The Morgan fingerprint density at radius 3 is 2.94 bits per heavy atom. The van der Waals surface area contributed by atoms with Crippen molar-refractivity contribution in [3.05, 3.63) is 30.1 Å². The molecule has 0 saturated carbocycles. The Hall–Kier alpha value is -1.35. The van der Waals surface area contributed by atoms with Crippen molar-refractivity contribution in [3.63, 3.8) is 0 Å². The number of nitrogens with two attached hydrogens (primary N) is 1. The quantitative estimate of drug-likeness (QED) is 0.860. The summed E-state index contributed by atoms with van der Waals surface area (Å²) < 4.78 is 2.24. The lowest BCUT2D eigenvalue weighted by Crippen LogP contribution is -2.21. The monoisotopic (exact) mass is 231 g/mol. The molecule has 3 nitrogen and oxygen atoms in total. The number of aryl methyl sites for hydroxylation is 1. The Labute approximate surface area is 103 Å². The molecule has 3 heteroatoms. The third-order valence-corrected chi connectivity index (χ3v) is 3.19. The van der Waals surface area contributed by atoms with E-state index in [9.17, 15) is 0 Å². The summed E-state index contributed by atoms with van der Waals surface area (Å²) in [6, 6.07) is 4.39. The van der Waals surface area contributed by atoms with Gasteiger partial charge in [0.25, 0.3) is 0 Å². The first kappa shape index (κ1) is 12.1. The van der Waals surface area contributed by atoms with Gasteiger partial charge in [-0.25, -0.2) is 4.98 Å². The second-order valence-electron chi connectivity index (χ2n) is 4.59. The van der Waals surface area contributed by atoms with E-state index in [1.165, 1.54) is 10.9 Å². The van der Waals surface area contributed by atoms with Crippen LogP contribution >= 0.6 is 0 Å². The maximum atomic E-state index is 6.05. The minimum absolute atomic E-state index is 0.246. The number of hydrogen-bond acceptors (Lipinski definition) is 2. The van der Waals surface area contributed by atoms with Gasteiger partial charge < -0.3 is 10.3 Å². The van der Waals surface area contributed by atoms with E-state index in [0.717, 1.165) is 31.5 Å². The predicted octanol–water partition coefficient (Wildman–Crippen LogP) is 2.73.